The second-order valence-electron chi connectivity index (χ2n) is 4.77. The van der Waals surface area contributed by atoms with Gasteiger partial charge in [-0.05, 0) is 51.8 Å². The Hall–Kier alpha value is 0.270. The van der Waals surface area contributed by atoms with Gasteiger partial charge in [-0.1, -0.05) is 6.92 Å². The molecule has 96 valence electrons. The summed E-state index contributed by atoms with van der Waals surface area (Å²) in [5.41, 5.74) is 0. The van der Waals surface area contributed by atoms with Crippen LogP contribution in [-0.4, -0.2) is 36.3 Å². The molecule has 3 atom stereocenters. The SMILES string of the molecule is CCCNC(C)CCCSC1CCOC1C. The van der Waals surface area contributed by atoms with E-state index in [1.165, 1.54) is 31.4 Å². The van der Waals surface area contributed by atoms with Crippen LogP contribution in [-0.2, 0) is 4.74 Å². The zero-order valence-corrected chi connectivity index (χ0v) is 11.8. The Morgan fingerprint density at radius 1 is 1.50 bits per heavy atom. The Balaban J connectivity index is 1.94. The molecular formula is C13H27NOS. The van der Waals surface area contributed by atoms with Crippen LogP contribution in [0.2, 0.25) is 0 Å². The van der Waals surface area contributed by atoms with E-state index in [9.17, 15) is 0 Å². The molecule has 1 aliphatic heterocycles. The molecule has 1 rings (SSSR count). The third-order valence-electron chi connectivity index (χ3n) is 3.16. The van der Waals surface area contributed by atoms with E-state index < -0.39 is 0 Å². The average molecular weight is 245 g/mol. The highest BCUT2D eigenvalue weighted by atomic mass is 32.2. The molecule has 16 heavy (non-hydrogen) atoms. The van der Waals surface area contributed by atoms with E-state index in [2.05, 4.69) is 37.8 Å². The van der Waals surface area contributed by atoms with Crippen molar-refractivity contribution in [1.29, 1.82) is 0 Å². The highest BCUT2D eigenvalue weighted by Gasteiger charge is 2.23. The first-order chi connectivity index (χ1) is 7.74. The van der Waals surface area contributed by atoms with Gasteiger partial charge < -0.3 is 10.1 Å². The summed E-state index contributed by atoms with van der Waals surface area (Å²) < 4.78 is 5.56. The molecule has 1 fully saturated rings. The molecule has 1 heterocycles. The van der Waals surface area contributed by atoms with Crippen LogP contribution in [0.4, 0.5) is 0 Å². The Kier molecular flexibility index (Phi) is 7.50. The van der Waals surface area contributed by atoms with Gasteiger partial charge in [0.15, 0.2) is 0 Å². The molecule has 1 aliphatic rings. The molecule has 0 aromatic carbocycles. The second kappa shape index (κ2) is 8.37. The van der Waals surface area contributed by atoms with E-state index in [0.29, 0.717) is 12.1 Å². The zero-order chi connectivity index (χ0) is 11.8. The van der Waals surface area contributed by atoms with Crippen molar-refractivity contribution in [2.45, 2.75) is 63.9 Å². The first-order valence-electron chi connectivity index (χ1n) is 6.70. The van der Waals surface area contributed by atoms with Crippen LogP contribution in [0.5, 0.6) is 0 Å². The minimum atomic E-state index is 0.473. The molecule has 2 nitrogen and oxygen atoms in total. The van der Waals surface area contributed by atoms with Gasteiger partial charge in [0.1, 0.15) is 0 Å². The molecule has 0 aliphatic carbocycles. The largest absolute Gasteiger partial charge is 0.377 e. The smallest absolute Gasteiger partial charge is 0.0666 e. The Labute approximate surface area is 105 Å². The van der Waals surface area contributed by atoms with E-state index >= 15 is 0 Å². The predicted octanol–water partition coefficient (Wildman–Crippen LogP) is 3.07. The maximum absolute atomic E-state index is 5.56. The van der Waals surface area contributed by atoms with Gasteiger partial charge in [0, 0.05) is 17.9 Å². The minimum absolute atomic E-state index is 0.473. The van der Waals surface area contributed by atoms with Crippen LogP contribution in [0.25, 0.3) is 0 Å². The third kappa shape index (κ3) is 5.55. The average Bonchev–Trinajstić information content (AvgIpc) is 2.67. The van der Waals surface area contributed by atoms with Gasteiger partial charge in [-0.3, -0.25) is 0 Å². The summed E-state index contributed by atoms with van der Waals surface area (Å²) in [7, 11) is 0. The lowest BCUT2D eigenvalue weighted by Crippen LogP contribution is -2.26. The van der Waals surface area contributed by atoms with Crippen molar-refractivity contribution >= 4 is 11.8 Å². The van der Waals surface area contributed by atoms with E-state index in [-0.39, 0.29) is 0 Å². The molecular weight excluding hydrogens is 218 g/mol. The van der Waals surface area contributed by atoms with Crippen molar-refractivity contribution < 1.29 is 4.74 Å². The van der Waals surface area contributed by atoms with Crippen LogP contribution in [0.1, 0.15) is 46.5 Å². The topological polar surface area (TPSA) is 21.3 Å². The number of ether oxygens (including phenoxy) is 1. The van der Waals surface area contributed by atoms with Crippen LogP contribution < -0.4 is 5.32 Å². The van der Waals surface area contributed by atoms with Crippen molar-refractivity contribution in [2.24, 2.45) is 0 Å². The van der Waals surface area contributed by atoms with E-state index in [1.807, 2.05) is 0 Å². The van der Waals surface area contributed by atoms with Gasteiger partial charge in [-0.15, -0.1) is 0 Å². The lowest BCUT2D eigenvalue weighted by molar-refractivity contribution is 0.127. The van der Waals surface area contributed by atoms with Gasteiger partial charge in [0.25, 0.3) is 0 Å². The van der Waals surface area contributed by atoms with E-state index in [1.54, 1.807) is 0 Å². The number of hydrogen-bond acceptors (Lipinski definition) is 3. The van der Waals surface area contributed by atoms with E-state index in [4.69, 9.17) is 4.74 Å². The quantitative estimate of drug-likeness (QED) is 0.664. The molecule has 0 aromatic rings. The van der Waals surface area contributed by atoms with Crippen molar-refractivity contribution in [2.75, 3.05) is 18.9 Å². The van der Waals surface area contributed by atoms with Crippen LogP contribution >= 0.6 is 11.8 Å². The number of thioether (sulfide) groups is 1. The van der Waals surface area contributed by atoms with Crippen LogP contribution in [0.15, 0.2) is 0 Å². The summed E-state index contributed by atoms with van der Waals surface area (Å²) in [5.74, 6) is 1.29. The molecule has 1 N–H and O–H groups in total. The zero-order valence-electron chi connectivity index (χ0n) is 11.0. The Bertz CT molecular complexity index is 177. The number of nitrogens with one attached hydrogen (secondary N) is 1. The summed E-state index contributed by atoms with van der Waals surface area (Å²) in [6.45, 7) is 8.84. The summed E-state index contributed by atoms with van der Waals surface area (Å²) >= 11 is 2.11. The molecule has 3 heteroatoms. The maximum Gasteiger partial charge on any atom is 0.0666 e. The van der Waals surface area contributed by atoms with Crippen molar-refractivity contribution in [3.8, 4) is 0 Å². The predicted molar refractivity (Wildman–Crippen MR) is 73.3 cm³/mol. The van der Waals surface area contributed by atoms with Gasteiger partial charge in [0.2, 0.25) is 0 Å². The van der Waals surface area contributed by atoms with Crippen molar-refractivity contribution in [3.05, 3.63) is 0 Å². The third-order valence-corrected chi connectivity index (χ3v) is 4.73. The summed E-state index contributed by atoms with van der Waals surface area (Å²) in [4.78, 5) is 0. The van der Waals surface area contributed by atoms with E-state index in [0.717, 1.165) is 18.4 Å². The fourth-order valence-corrected chi connectivity index (χ4v) is 3.30. The lowest BCUT2D eigenvalue weighted by atomic mass is 10.2. The molecule has 0 saturated carbocycles. The minimum Gasteiger partial charge on any atom is -0.377 e. The molecule has 0 amide bonds. The number of hydrogen-bond donors (Lipinski definition) is 1. The van der Waals surface area contributed by atoms with Crippen LogP contribution in [0.3, 0.4) is 0 Å². The van der Waals surface area contributed by atoms with Crippen molar-refractivity contribution in [3.63, 3.8) is 0 Å². The lowest BCUT2D eigenvalue weighted by Gasteiger charge is -2.15. The highest BCUT2D eigenvalue weighted by molar-refractivity contribution is 7.99. The summed E-state index contributed by atoms with van der Waals surface area (Å²) in [6, 6.07) is 0.679. The normalized spacial score (nSPS) is 27.2. The Morgan fingerprint density at radius 3 is 2.94 bits per heavy atom. The van der Waals surface area contributed by atoms with Gasteiger partial charge in [0.05, 0.1) is 6.10 Å². The molecule has 0 spiro atoms. The first-order valence-corrected chi connectivity index (χ1v) is 7.75. The molecule has 1 saturated heterocycles. The first kappa shape index (κ1) is 14.3. The van der Waals surface area contributed by atoms with Gasteiger partial charge >= 0.3 is 0 Å². The molecule has 0 aromatic heterocycles. The summed E-state index contributed by atoms with van der Waals surface area (Å²) in [5, 5.41) is 4.28. The standard InChI is InChI=1S/C13H27NOS/c1-4-8-14-11(2)6-5-10-16-13-7-9-15-12(13)3/h11-14H,4-10H2,1-3H3. The molecule has 3 unspecified atom stereocenters. The van der Waals surface area contributed by atoms with Crippen LogP contribution in [0, 0.1) is 0 Å². The van der Waals surface area contributed by atoms with Crippen molar-refractivity contribution in [1.82, 2.24) is 5.32 Å². The number of rotatable bonds is 8. The Morgan fingerprint density at radius 2 is 2.31 bits per heavy atom. The fraction of sp³-hybridized carbons (Fsp3) is 1.00. The monoisotopic (exact) mass is 245 g/mol. The molecule has 0 bridgehead atoms. The van der Waals surface area contributed by atoms with Gasteiger partial charge in [-0.2, -0.15) is 11.8 Å². The highest BCUT2D eigenvalue weighted by Crippen LogP contribution is 2.26. The molecule has 0 radical (unpaired) electrons. The second-order valence-corrected chi connectivity index (χ2v) is 6.12. The van der Waals surface area contributed by atoms with Gasteiger partial charge in [-0.25, -0.2) is 0 Å². The summed E-state index contributed by atoms with van der Waals surface area (Å²) in [6.07, 6.45) is 5.58. The fourth-order valence-electron chi connectivity index (χ4n) is 2.05. The maximum atomic E-state index is 5.56.